The average molecular weight is 270 g/mol. The van der Waals surface area contributed by atoms with Crippen LogP contribution in [0.1, 0.15) is 24.8 Å². The highest BCUT2D eigenvalue weighted by molar-refractivity contribution is 5.87. The minimum atomic E-state index is -0.652. The van der Waals surface area contributed by atoms with Crippen LogP contribution in [0.3, 0.4) is 0 Å². The minimum absolute atomic E-state index is 0.0565. The number of para-hydroxylation sites is 1. The SMILES string of the molecule is NC1(C(=O)NCc2ccccc2-n2cccn2)CCC1. The van der Waals surface area contributed by atoms with Crippen LogP contribution in [0.2, 0.25) is 0 Å². The Morgan fingerprint density at radius 2 is 2.15 bits per heavy atom. The van der Waals surface area contributed by atoms with Gasteiger partial charge >= 0.3 is 0 Å². The lowest BCUT2D eigenvalue weighted by Gasteiger charge is -2.36. The van der Waals surface area contributed by atoms with Crippen LogP contribution in [0.15, 0.2) is 42.7 Å². The highest BCUT2D eigenvalue weighted by Crippen LogP contribution is 2.29. The van der Waals surface area contributed by atoms with Crippen molar-refractivity contribution in [1.82, 2.24) is 15.1 Å². The van der Waals surface area contributed by atoms with Gasteiger partial charge in [-0.2, -0.15) is 5.10 Å². The van der Waals surface area contributed by atoms with E-state index >= 15 is 0 Å². The summed E-state index contributed by atoms with van der Waals surface area (Å²) in [5, 5.41) is 7.17. The summed E-state index contributed by atoms with van der Waals surface area (Å²) in [7, 11) is 0. The molecule has 104 valence electrons. The third kappa shape index (κ3) is 2.32. The molecule has 0 atom stereocenters. The molecule has 0 aliphatic heterocycles. The van der Waals surface area contributed by atoms with E-state index in [2.05, 4.69) is 10.4 Å². The van der Waals surface area contributed by atoms with E-state index in [0.29, 0.717) is 6.54 Å². The molecule has 20 heavy (non-hydrogen) atoms. The van der Waals surface area contributed by atoms with Gasteiger partial charge in [0.05, 0.1) is 11.2 Å². The fourth-order valence-corrected chi connectivity index (χ4v) is 2.43. The molecule has 3 rings (SSSR count). The first-order valence-corrected chi connectivity index (χ1v) is 6.84. The standard InChI is InChI=1S/C15H18N4O/c16-15(7-3-8-15)14(20)17-11-12-5-1-2-6-13(12)19-10-4-9-18-19/h1-2,4-6,9-10H,3,7-8,11,16H2,(H,17,20). The summed E-state index contributed by atoms with van der Waals surface area (Å²) < 4.78 is 1.79. The van der Waals surface area contributed by atoms with Crippen molar-refractivity contribution < 1.29 is 4.79 Å². The van der Waals surface area contributed by atoms with Crippen molar-refractivity contribution in [2.24, 2.45) is 5.73 Å². The van der Waals surface area contributed by atoms with Crippen LogP contribution >= 0.6 is 0 Å². The maximum atomic E-state index is 12.1. The molecule has 5 nitrogen and oxygen atoms in total. The van der Waals surface area contributed by atoms with Crippen molar-refractivity contribution in [3.05, 3.63) is 48.3 Å². The molecule has 1 heterocycles. The number of nitrogens with two attached hydrogens (primary N) is 1. The lowest BCUT2D eigenvalue weighted by molar-refractivity contribution is -0.129. The van der Waals surface area contributed by atoms with Crippen molar-refractivity contribution in [1.29, 1.82) is 0 Å². The van der Waals surface area contributed by atoms with Crippen molar-refractivity contribution in [2.45, 2.75) is 31.3 Å². The minimum Gasteiger partial charge on any atom is -0.350 e. The third-order valence-electron chi connectivity index (χ3n) is 3.88. The van der Waals surface area contributed by atoms with Gasteiger partial charge in [0.2, 0.25) is 5.91 Å². The number of nitrogens with one attached hydrogen (secondary N) is 1. The van der Waals surface area contributed by atoms with Crippen LogP contribution in [0.25, 0.3) is 5.69 Å². The van der Waals surface area contributed by atoms with Gasteiger partial charge in [-0.05, 0) is 37.0 Å². The van der Waals surface area contributed by atoms with E-state index in [1.807, 2.05) is 36.5 Å². The van der Waals surface area contributed by atoms with Crippen LogP contribution in [-0.4, -0.2) is 21.2 Å². The molecular formula is C15H18N4O. The Labute approximate surface area is 117 Å². The smallest absolute Gasteiger partial charge is 0.240 e. The van der Waals surface area contributed by atoms with Crippen LogP contribution in [-0.2, 0) is 11.3 Å². The highest BCUT2D eigenvalue weighted by atomic mass is 16.2. The van der Waals surface area contributed by atoms with Gasteiger partial charge in [0, 0.05) is 18.9 Å². The van der Waals surface area contributed by atoms with Crippen molar-refractivity contribution in [2.75, 3.05) is 0 Å². The Morgan fingerprint density at radius 1 is 1.35 bits per heavy atom. The summed E-state index contributed by atoms with van der Waals surface area (Å²) >= 11 is 0. The van der Waals surface area contributed by atoms with Gasteiger partial charge in [-0.3, -0.25) is 4.79 Å². The molecule has 1 aliphatic rings. The summed E-state index contributed by atoms with van der Waals surface area (Å²) in [6.45, 7) is 0.466. The fourth-order valence-electron chi connectivity index (χ4n) is 2.43. The molecule has 2 aromatic rings. The maximum absolute atomic E-state index is 12.1. The fraction of sp³-hybridized carbons (Fsp3) is 0.333. The van der Waals surface area contributed by atoms with Gasteiger partial charge < -0.3 is 11.1 Å². The Kier molecular flexibility index (Phi) is 3.28. The maximum Gasteiger partial charge on any atom is 0.240 e. The molecule has 0 radical (unpaired) electrons. The average Bonchev–Trinajstić information content (AvgIpc) is 2.96. The van der Waals surface area contributed by atoms with E-state index in [0.717, 1.165) is 30.5 Å². The van der Waals surface area contributed by atoms with Gasteiger partial charge in [0.1, 0.15) is 0 Å². The first-order chi connectivity index (χ1) is 9.69. The molecule has 3 N–H and O–H groups in total. The second-order valence-corrected chi connectivity index (χ2v) is 5.27. The molecule has 5 heteroatoms. The molecule has 1 fully saturated rings. The monoisotopic (exact) mass is 270 g/mol. The van der Waals surface area contributed by atoms with Gasteiger partial charge in [0.25, 0.3) is 0 Å². The summed E-state index contributed by atoms with van der Waals surface area (Å²) in [5.41, 5.74) is 7.35. The summed E-state index contributed by atoms with van der Waals surface area (Å²) in [4.78, 5) is 12.1. The number of rotatable bonds is 4. The quantitative estimate of drug-likeness (QED) is 0.881. The molecule has 0 spiro atoms. The third-order valence-corrected chi connectivity index (χ3v) is 3.88. The zero-order chi connectivity index (χ0) is 14.0. The highest BCUT2D eigenvalue weighted by Gasteiger charge is 2.39. The summed E-state index contributed by atoms with van der Waals surface area (Å²) in [6.07, 6.45) is 6.21. The summed E-state index contributed by atoms with van der Waals surface area (Å²) in [5.74, 6) is -0.0565. The Balaban J connectivity index is 1.73. The predicted octanol–water partition coefficient (Wildman–Crippen LogP) is 1.37. The van der Waals surface area contributed by atoms with Crippen LogP contribution in [0.5, 0.6) is 0 Å². The molecule has 1 amide bonds. The molecule has 1 saturated carbocycles. The van der Waals surface area contributed by atoms with E-state index in [4.69, 9.17) is 5.73 Å². The number of carbonyl (C=O) groups is 1. The molecule has 1 aromatic carbocycles. The van der Waals surface area contributed by atoms with Gasteiger partial charge in [0.15, 0.2) is 0 Å². The van der Waals surface area contributed by atoms with E-state index in [1.54, 1.807) is 10.9 Å². The zero-order valence-electron chi connectivity index (χ0n) is 11.2. The Morgan fingerprint density at radius 3 is 2.80 bits per heavy atom. The van der Waals surface area contributed by atoms with Gasteiger partial charge in [-0.25, -0.2) is 4.68 Å². The second kappa shape index (κ2) is 5.09. The number of benzene rings is 1. The topological polar surface area (TPSA) is 72.9 Å². The molecular weight excluding hydrogens is 252 g/mol. The largest absolute Gasteiger partial charge is 0.350 e. The number of hydrogen-bond donors (Lipinski definition) is 2. The van der Waals surface area contributed by atoms with Crippen molar-refractivity contribution >= 4 is 5.91 Å². The molecule has 0 unspecified atom stereocenters. The van der Waals surface area contributed by atoms with Crippen molar-refractivity contribution in [3.8, 4) is 5.69 Å². The normalized spacial score (nSPS) is 16.4. The first kappa shape index (κ1) is 12.9. The molecule has 1 aliphatic carbocycles. The molecule has 0 bridgehead atoms. The Hall–Kier alpha value is -2.14. The van der Waals surface area contributed by atoms with E-state index in [1.165, 1.54) is 0 Å². The number of carbonyl (C=O) groups excluding carboxylic acids is 1. The lowest BCUT2D eigenvalue weighted by Crippen LogP contribution is -2.58. The second-order valence-electron chi connectivity index (χ2n) is 5.27. The van der Waals surface area contributed by atoms with Crippen molar-refractivity contribution in [3.63, 3.8) is 0 Å². The first-order valence-electron chi connectivity index (χ1n) is 6.84. The molecule has 1 aromatic heterocycles. The van der Waals surface area contributed by atoms with Gasteiger partial charge in [-0.1, -0.05) is 18.2 Å². The Bertz CT molecular complexity index is 602. The number of hydrogen-bond acceptors (Lipinski definition) is 3. The van der Waals surface area contributed by atoms with E-state index in [9.17, 15) is 4.79 Å². The van der Waals surface area contributed by atoms with E-state index in [-0.39, 0.29) is 5.91 Å². The zero-order valence-corrected chi connectivity index (χ0v) is 11.2. The van der Waals surface area contributed by atoms with Gasteiger partial charge in [-0.15, -0.1) is 0 Å². The number of nitrogens with zero attached hydrogens (tertiary/aromatic N) is 2. The number of amides is 1. The van der Waals surface area contributed by atoms with Crippen LogP contribution in [0, 0.1) is 0 Å². The number of aromatic nitrogens is 2. The summed E-state index contributed by atoms with van der Waals surface area (Å²) in [6, 6.07) is 9.75. The van der Waals surface area contributed by atoms with Crippen LogP contribution < -0.4 is 11.1 Å². The molecule has 0 saturated heterocycles. The lowest BCUT2D eigenvalue weighted by atomic mass is 9.77. The van der Waals surface area contributed by atoms with E-state index < -0.39 is 5.54 Å². The van der Waals surface area contributed by atoms with Crippen LogP contribution in [0.4, 0.5) is 0 Å². The predicted molar refractivity (Wildman–Crippen MR) is 76.2 cm³/mol.